The first-order chi connectivity index (χ1) is 4.09. The van der Waals surface area contributed by atoms with E-state index in [0.717, 1.165) is 0 Å². The fourth-order valence-electron chi connectivity index (χ4n) is 0.249. The minimum absolute atomic E-state index is 0.304. The van der Waals surface area contributed by atoms with Crippen molar-refractivity contribution in [2.45, 2.75) is 12.1 Å². The molecule has 0 heterocycles. The topological polar surface area (TPSA) is 106 Å². The molecule has 0 radical (unpaired) electrons. The molecule has 0 saturated heterocycles. The summed E-state index contributed by atoms with van der Waals surface area (Å²) in [4.78, 5) is 19.7. The average Bonchev–Trinajstić information content (AvgIpc) is 1.84. The molecule has 0 bridgehead atoms. The van der Waals surface area contributed by atoms with Crippen molar-refractivity contribution in [3.8, 4) is 0 Å². The number of rotatable bonds is 3. The lowest BCUT2D eigenvalue weighted by Crippen LogP contribution is -2.47. The Kier molecular flexibility index (Phi) is 2.83. The van der Waals surface area contributed by atoms with Crippen molar-refractivity contribution in [1.29, 1.82) is 0 Å². The maximum Gasteiger partial charge on any atom is 0.322 e. The van der Waals surface area contributed by atoms with Crippen molar-refractivity contribution >= 4 is 12.3 Å². The molecule has 1 unspecified atom stereocenters. The summed E-state index contributed by atoms with van der Waals surface area (Å²) in [5, 5.41) is 8.12. The van der Waals surface area contributed by atoms with E-state index in [1.165, 1.54) is 0 Å². The molecule has 5 N–H and O–H groups in total. The van der Waals surface area contributed by atoms with E-state index in [4.69, 9.17) is 16.6 Å². The second-order valence-corrected chi connectivity index (χ2v) is 1.58. The monoisotopic (exact) mass is 132 g/mol. The van der Waals surface area contributed by atoms with Crippen LogP contribution in [0, 0.1) is 0 Å². The van der Waals surface area contributed by atoms with E-state index in [1.54, 1.807) is 0 Å². The summed E-state index contributed by atoms with van der Waals surface area (Å²) in [7, 11) is 0. The number of aliphatic carboxylic acids is 1. The molecular formula is C4H8N2O3. The summed E-state index contributed by atoms with van der Waals surface area (Å²) < 4.78 is 0. The quantitative estimate of drug-likeness (QED) is 0.382. The van der Waals surface area contributed by atoms with Crippen LogP contribution in [0.1, 0.15) is 0 Å². The molecule has 0 aliphatic rings. The molecule has 0 rings (SSSR count). The van der Waals surface area contributed by atoms with Gasteiger partial charge >= 0.3 is 5.97 Å². The van der Waals surface area contributed by atoms with E-state index in [2.05, 4.69) is 0 Å². The van der Waals surface area contributed by atoms with Crippen LogP contribution in [0.5, 0.6) is 0 Å². The molecule has 0 fully saturated rings. The normalized spacial score (nSPS) is 16.2. The molecule has 0 aromatic carbocycles. The minimum Gasteiger partial charge on any atom is -0.480 e. The van der Waals surface area contributed by atoms with Crippen molar-refractivity contribution in [3.63, 3.8) is 0 Å². The Morgan fingerprint density at radius 1 is 1.56 bits per heavy atom. The summed E-state index contributed by atoms with van der Waals surface area (Å²) in [6.45, 7) is 0. The fraction of sp³-hybridized carbons (Fsp3) is 0.500. The molecule has 0 amide bonds. The lowest BCUT2D eigenvalue weighted by molar-refractivity contribution is -0.139. The van der Waals surface area contributed by atoms with Crippen LogP contribution in [-0.2, 0) is 9.59 Å². The van der Waals surface area contributed by atoms with Gasteiger partial charge in [-0.2, -0.15) is 0 Å². The molecule has 5 heteroatoms. The van der Waals surface area contributed by atoms with Gasteiger partial charge in [-0.05, 0) is 0 Å². The molecule has 5 nitrogen and oxygen atoms in total. The van der Waals surface area contributed by atoms with Crippen LogP contribution in [0.3, 0.4) is 0 Å². The average molecular weight is 132 g/mol. The van der Waals surface area contributed by atoms with E-state index >= 15 is 0 Å². The Morgan fingerprint density at radius 2 is 2.00 bits per heavy atom. The first-order valence-electron chi connectivity index (χ1n) is 2.29. The zero-order chi connectivity index (χ0) is 7.44. The molecule has 0 aromatic heterocycles. The zero-order valence-corrected chi connectivity index (χ0v) is 4.65. The van der Waals surface area contributed by atoms with Gasteiger partial charge in [0.2, 0.25) is 0 Å². The highest BCUT2D eigenvalue weighted by atomic mass is 16.4. The van der Waals surface area contributed by atoms with Crippen molar-refractivity contribution in [1.82, 2.24) is 0 Å². The number of carboxylic acids is 1. The van der Waals surface area contributed by atoms with Crippen molar-refractivity contribution in [2.75, 3.05) is 0 Å². The van der Waals surface area contributed by atoms with Gasteiger partial charge in [0, 0.05) is 0 Å². The SMILES string of the molecule is NC(C=O)[C@H](N)C(=O)O. The van der Waals surface area contributed by atoms with E-state index in [-0.39, 0.29) is 0 Å². The summed E-state index contributed by atoms with van der Waals surface area (Å²) in [5.41, 5.74) is 9.86. The smallest absolute Gasteiger partial charge is 0.322 e. The Bertz CT molecular complexity index is 125. The minimum atomic E-state index is -1.29. The lowest BCUT2D eigenvalue weighted by Gasteiger charge is -2.06. The third-order valence-corrected chi connectivity index (χ3v) is 0.857. The van der Waals surface area contributed by atoms with Crippen LogP contribution >= 0.6 is 0 Å². The number of carbonyl (C=O) groups is 2. The van der Waals surface area contributed by atoms with Gasteiger partial charge in [-0.15, -0.1) is 0 Å². The van der Waals surface area contributed by atoms with Crippen molar-refractivity contribution in [2.24, 2.45) is 11.5 Å². The molecule has 0 aliphatic carbocycles. The highest BCUT2D eigenvalue weighted by molar-refractivity contribution is 5.79. The maximum atomic E-state index is 9.94. The number of nitrogens with two attached hydrogens (primary N) is 2. The number of hydrogen-bond donors (Lipinski definition) is 3. The molecule has 0 aliphatic heterocycles. The molecule has 0 aromatic rings. The van der Waals surface area contributed by atoms with Gasteiger partial charge in [-0.1, -0.05) is 0 Å². The Hall–Kier alpha value is -0.940. The number of aldehydes is 1. The first-order valence-corrected chi connectivity index (χ1v) is 2.29. The van der Waals surface area contributed by atoms with Gasteiger partial charge in [-0.25, -0.2) is 0 Å². The number of carboxylic acid groups (broad SMARTS) is 1. The van der Waals surface area contributed by atoms with Crippen molar-refractivity contribution in [3.05, 3.63) is 0 Å². The largest absolute Gasteiger partial charge is 0.480 e. The Morgan fingerprint density at radius 3 is 2.11 bits per heavy atom. The lowest BCUT2D eigenvalue weighted by atomic mass is 10.2. The molecule has 2 atom stereocenters. The van der Waals surface area contributed by atoms with Gasteiger partial charge in [0.05, 0.1) is 6.04 Å². The van der Waals surface area contributed by atoms with E-state index in [9.17, 15) is 9.59 Å². The summed E-state index contributed by atoms with van der Waals surface area (Å²) >= 11 is 0. The molecule has 9 heavy (non-hydrogen) atoms. The number of hydrogen-bond acceptors (Lipinski definition) is 4. The third-order valence-electron chi connectivity index (χ3n) is 0.857. The van der Waals surface area contributed by atoms with E-state index in [1.807, 2.05) is 0 Å². The van der Waals surface area contributed by atoms with Crippen LogP contribution < -0.4 is 11.5 Å². The van der Waals surface area contributed by atoms with Crippen LogP contribution in [0.2, 0.25) is 0 Å². The second-order valence-electron chi connectivity index (χ2n) is 1.58. The first kappa shape index (κ1) is 8.06. The van der Waals surface area contributed by atoms with E-state index in [0.29, 0.717) is 6.29 Å². The highest BCUT2D eigenvalue weighted by Crippen LogP contribution is 1.80. The van der Waals surface area contributed by atoms with Crippen LogP contribution in [-0.4, -0.2) is 29.4 Å². The molecule has 0 saturated carbocycles. The summed E-state index contributed by atoms with van der Waals surface area (Å²) in [6, 6.07) is -2.40. The van der Waals surface area contributed by atoms with E-state index < -0.39 is 18.1 Å². The predicted octanol–water partition coefficient (Wildman–Crippen LogP) is -2.08. The highest BCUT2D eigenvalue weighted by Gasteiger charge is 2.18. The van der Waals surface area contributed by atoms with Gasteiger partial charge in [-0.3, -0.25) is 4.79 Å². The van der Waals surface area contributed by atoms with Gasteiger partial charge in [0.15, 0.2) is 0 Å². The Balaban J connectivity index is 3.86. The number of carbonyl (C=O) groups excluding carboxylic acids is 1. The van der Waals surface area contributed by atoms with Crippen molar-refractivity contribution < 1.29 is 14.7 Å². The third kappa shape index (κ3) is 2.20. The standard InChI is InChI=1S/C4H8N2O3/c5-2(1-7)3(6)4(8)9/h1-3H,5-6H2,(H,8,9)/t2?,3-/m0/s1. The van der Waals surface area contributed by atoms with Gasteiger partial charge < -0.3 is 21.4 Å². The molecular weight excluding hydrogens is 124 g/mol. The van der Waals surface area contributed by atoms with Gasteiger partial charge in [0.1, 0.15) is 12.3 Å². The maximum absolute atomic E-state index is 9.94. The van der Waals surface area contributed by atoms with Crippen LogP contribution in [0.25, 0.3) is 0 Å². The molecule has 52 valence electrons. The zero-order valence-electron chi connectivity index (χ0n) is 4.65. The van der Waals surface area contributed by atoms with Crippen LogP contribution in [0.15, 0.2) is 0 Å². The molecule has 0 spiro atoms. The van der Waals surface area contributed by atoms with Gasteiger partial charge in [0.25, 0.3) is 0 Å². The Labute approximate surface area is 51.6 Å². The summed E-state index contributed by atoms with van der Waals surface area (Å²) in [6.07, 6.45) is 0.304. The second kappa shape index (κ2) is 3.16. The fourth-order valence-corrected chi connectivity index (χ4v) is 0.249. The van der Waals surface area contributed by atoms with Crippen LogP contribution in [0.4, 0.5) is 0 Å². The predicted molar refractivity (Wildman–Crippen MR) is 29.7 cm³/mol. The summed E-state index contributed by atoms with van der Waals surface area (Å²) in [5.74, 6) is -1.27.